The maximum Gasteiger partial charge on any atom is 0.384 e. The van der Waals surface area contributed by atoms with Crippen LogP contribution in [0.25, 0.3) is 0 Å². The van der Waals surface area contributed by atoms with E-state index >= 15 is 0 Å². The monoisotopic (exact) mass is 192 g/mol. The lowest BCUT2D eigenvalue weighted by Crippen LogP contribution is -2.09. The number of rotatable bonds is 3. The lowest BCUT2D eigenvalue weighted by Gasteiger charge is -2.17. The van der Waals surface area contributed by atoms with Crippen molar-refractivity contribution in [3.05, 3.63) is 0 Å². The van der Waals surface area contributed by atoms with Crippen molar-refractivity contribution in [2.24, 2.45) is 5.41 Å². The van der Waals surface area contributed by atoms with Gasteiger partial charge in [0.1, 0.15) is 0 Å². The van der Waals surface area contributed by atoms with E-state index in [1.54, 1.807) is 6.92 Å². The predicted octanol–water partition coefficient (Wildman–Crippen LogP) is 1.99. The molecule has 0 aromatic carbocycles. The molecule has 0 radical (unpaired) electrons. The van der Waals surface area contributed by atoms with Crippen LogP contribution in [0.5, 0.6) is 0 Å². The van der Waals surface area contributed by atoms with Crippen molar-refractivity contribution < 1.29 is 9.53 Å². The van der Waals surface area contributed by atoms with Crippen molar-refractivity contribution in [3.8, 4) is 24.2 Å². The fourth-order valence-corrected chi connectivity index (χ4v) is 0.862. The number of esters is 1. The zero-order chi connectivity index (χ0) is 11.0. The van der Waals surface area contributed by atoms with Crippen LogP contribution in [0.4, 0.5) is 0 Å². The molecule has 0 saturated heterocycles. The van der Waals surface area contributed by atoms with Gasteiger partial charge in [-0.1, -0.05) is 19.8 Å². The van der Waals surface area contributed by atoms with Crippen LogP contribution < -0.4 is 0 Å². The van der Waals surface area contributed by atoms with Crippen LogP contribution >= 0.6 is 0 Å². The van der Waals surface area contributed by atoms with E-state index in [9.17, 15) is 4.79 Å². The molecular formula is C12H16O2. The van der Waals surface area contributed by atoms with Crippen molar-refractivity contribution >= 4 is 5.97 Å². The molecule has 0 saturated carbocycles. The van der Waals surface area contributed by atoms with Crippen LogP contribution in [0.15, 0.2) is 0 Å². The largest absolute Gasteiger partial charge is 0.456 e. The topological polar surface area (TPSA) is 26.3 Å². The Morgan fingerprint density at radius 2 is 2.07 bits per heavy atom. The normalized spacial score (nSPS) is 9.57. The molecule has 2 nitrogen and oxygen atoms in total. The Balaban J connectivity index is 4.04. The third kappa shape index (κ3) is 6.14. The molecule has 0 rings (SSSR count). The molecule has 0 fully saturated rings. The molecule has 2 heteroatoms. The van der Waals surface area contributed by atoms with Gasteiger partial charge in [-0.3, -0.25) is 0 Å². The van der Waals surface area contributed by atoms with E-state index in [4.69, 9.17) is 6.42 Å². The van der Waals surface area contributed by atoms with E-state index < -0.39 is 5.97 Å². The van der Waals surface area contributed by atoms with E-state index in [1.165, 1.54) is 0 Å². The van der Waals surface area contributed by atoms with Gasteiger partial charge in [-0.2, -0.15) is 0 Å². The van der Waals surface area contributed by atoms with Gasteiger partial charge in [-0.05, 0) is 12.3 Å². The Morgan fingerprint density at radius 3 is 2.57 bits per heavy atom. The number of carbonyl (C=O) groups excluding carboxylic acids is 1. The van der Waals surface area contributed by atoms with Crippen LogP contribution in [0.3, 0.4) is 0 Å². The molecule has 0 aromatic heterocycles. The van der Waals surface area contributed by atoms with Gasteiger partial charge in [0.2, 0.25) is 0 Å². The summed E-state index contributed by atoms with van der Waals surface area (Å²) in [4.78, 5) is 10.9. The van der Waals surface area contributed by atoms with Crippen LogP contribution in [0.2, 0.25) is 0 Å². The Labute approximate surface area is 86.0 Å². The Bertz CT molecular complexity index is 284. The van der Waals surface area contributed by atoms with Gasteiger partial charge < -0.3 is 4.74 Å². The zero-order valence-corrected chi connectivity index (χ0v) is 9.02. The number of carbonyl (C=O) groups is 1. The average molecular weight is 192 g/mol. The molecule has 0 aromatic rings. The van der Waals surface area contributed by atoms with Crippen molar-refractivity contribution in [1.29, 1.82) is 0 Å². The first-order valence-corrected chi connectivity index (χ1v) is 4.61. The Morgan fingerprint density at radius 1 is 1.43 bits per heavy atom. The minimum absolute atomic E-state index is 0.0335. The maximum atomic E-state index is 10.9. The van der Waals surface area contributed by atoms with E-state index in [0.717, 1.165) is 0 Å². The van der Waals surface area contributed by atoms with Crippen molar-refractivity contribution in [2.75, 3.05) is 6.61 Å². The van der Waals surface area contributed by atoms with Gasteiger partial charge in [-0.25, -0.2) is 4.79 Å². The molecule has 0 N–H and O–H groups in total. The van der Waals surface area contributed by atoms with E-state index in [-0.39, 0.29) is 5.41 Å². The minimum atomic E-state index is -0.469. The SMILES string of the molecule is C#CCC(C)(C)CC#CC(=O)OCC. The maximum absolute atomic E-state index is 10.9. The third-order valence-electron chi connectivity index (χ3n) is 1.61. The molecule has 0 aliphatic carbocycles. The molecule has 0 bridgehead atoms. The van der Waals surface area contributed by atoms with Crippen LogP contribution in [0, 0.1) is 29.6 Å². The Hall–Kier alpha value is -1.41. The molecule has 76 valence electrons. The third-order valence-corrected chi connectivity index (χ3v) is 1.61. The van der Waals surface area contributed by atoms with Crippen molar-refractivity contribution in [1.82, 2.24) is 0 Å². The highest BCUT2D eigenvalue weighted by Gasteiger charge is 2.14. The Kier molecular flexibility index (Phi) is 5.49. The van der Waals surface area contributed by atoms with E-state index in [0.29, 0.717) is 19.4 Å². The highest BCUT2D eigenvalue weighted by Crippen LogP contribution is 2.23. The van der Waals surface area contributed by atoms with Crippen LogP contribution in [0.1, 0.15) is 33.6 Å². The minimum Gasteiger partial charge on any atom is -0.456 e. The number of hydrogen-bond acceptors (Lipinski definition) is 2. The first kappa shape index (κ1) is 12.6. The number of terminal acetylenes is 1. The quantitative estimate of drug-likeness (QED) is 0.388. The molecule has 0 atom stereocenters. The first-order valence-electron chi connectivity index (χ1n) is 4.61. The number of ether oxygens (including phenoxy) is 1. The lowest BCUT2D eigenvalue weighted by molar-refractivity contribution is -0.136. The molecule has 0 unspecified atom stereocenters. The zero-order valence-electron chi connectivity index (χ0n) is 9.02. The molecule has 0 amide bonds. The first-order chi connectivity index (χ1) is 6.52. The second-order valence-corrected chi connectivity index (χ2v) is 3.74. The number of hydrogen-bond donors (Lipinski definition) is 0. The lowest BCUT2D eigenvalue weighted by atomic mass is 9.86. The molecule has 0 aliphatic heterocycles. The summed E-state index contributed by atoms with van der Waals surface area (Å²) in [6.07, 6.45) is 6.47. The summed E-state index contributed by atoms with van der Waals surface area (Å²) >= 11 is 0. The molecular weight excluding hydrogens is 176 g/mol. The van der Waals surface area contributed by atoms with Crippen LogP contribution in [-0.4, -0.2) is 12.6 Å². The van der Waals surface area contributed by atoms with E-state index in [1.807, 2.05) is 13.8 Å². The van der Waals surface area contributed by atoms with E-state index in [2.05, 4.69) is 22.5 Å². The van der Waals surface area contributed by atoms with Gasteiger partial charge in [0.15, 0.2) is 0 Å². The summed E-state index contributed by atoms with van der Waals surface area (Å²) in [6, 6.07) is 0. The standard InChI is InChI=1S/C12H16O2/c1-5-9-12(3,4)10-7-8-11(13)14-6-2/h1H,6,9-10H2,2-4H3. The predicted molar refractivity (Wildman–Crippen MR) is 56.3 cm³/mol. The van der Waals surface area contributed by atoms with Gasteiger partial charge in [0, 0.05) is 18.8 Å². The highest BCUT2D eigenvalue weighted by molar-refractivity contribution is 5.88. The van der Waals surface area contributed by atoms with Gasteiger partial charge in [0.25, 0.3) is 0 Å². The molecule has 0 aliphatic rings. The fourth-order valence-electron chi connectivity index (χ4n) is 0.862. The van der Waals surface area contributed by atoms with Crippen LogP contribution in [-0.2, 0) is 9.53 Å². The average Bonchev–Trinajstić information content (AvgIpc) is 2.03. The van der Waals surface area contributed by atoms with Gasteiger partial charge in [0.05, 0.1) is 6.61 Å². The van der Waals surface area contributed by atoms with Crippen molar-refractivity contribution in [2.45, 2.75) is 33.6 Å². The smallest absolute Gasteiger partial charge is 0.384 e. The summed E-state index contributed by atoms with van der Waals surface area (Å²) < 4.78 is 4.66. The second kappa shape index (κ2) is 6.11. The molecule has 0 heterocycles. The van der Waals surface area contributed by atoms with Crippen molar-refractivity contribution in [3.63, 3.8) is 0 Å². The summed E-state index contributed by atoms with van der Waals surface area (Å²) in [6.45, 7) is 6.16. The highest BCUT2D eigenvalue weighted by atomic mass is 16.5. The summed E-state index contributed by atoms with van der Waals surface area (Å²) in [5.41, 5.74) is -0.0335. The summed E-state index contributed by atoms with van der Waals surface area (Å²) in [7, 11) is 0. The summed E-state index contributed by atoms with van der Waals surface area (Å²) in [5.74, 6) is 7.31. The van der Waals surface area contributed by atoms with Gasteiger partial charge in [-0.15, -0.1) is 12.3 Å². The summed E-state index contributed by atoms with van der Waals surface area (Å²) in [5, 5.41) is 0. The second-order valence-electron chi connectivity index (χ2n) is 3.74. The molecule has 14 heavy (non-hydrogen) atoms. The van der Waals surface area contributed by atoms with Gasteiger partial charge >= 0.3 is 5.97 Å². The fraction of sp³-hybridized carbons (Fsp3) is 0.583. The molecule has 0 spiro atoms.